The van der Waals surface area contributed by atoms with Crippen molar-refractivity contribution < 1.29 is 22.9 Å². The molecule has 2 rings (SSSR count). The van der Waals surface area contributed by atoms with Crippen molar-refractivity contribution in [3.8, 4) is 0 Å². The first-order chi connectivity index (χ1) is 13.4. The number of rotatable bonds is 7. The molecule has 0 bridgehead atoms. The van der Waals surface area contributed by atoms with Crippen LogP contribution in [-0.4, -0.2) is 32.0 Å². The van der Waals surface area contributed by atoms with E-state index in [0.717, 1.165) is 10.4 Å². The molecule has 2 aromatic rings. The molecule has 0 N–H and O–H groups in total. The number of hydrogen-bond acceptors (Lipinski definition) is 6. The Morgan fingerprint density at radius 1 is 1.17 bits per heavy atom. The van der Waals surface area contributed by atoms with Crippen molar-refractivity contribution in [1.82, 2.24) is 0 Å². The van der Waals surface area contributed by atoms with Crippen LogP contribution in [0, 0.1) is 17.0 Å². The molecule has 0 aromatic heterocycles. The SMILES string of the molecule is Cc1cc([N+](=O)[O-])ccc1N(CC(=O)OC(C)C)S(=O)(=O)c1ccc(Cl)c(Cl)c1. The Kier molecular flexibility index (Phi) is 7.10. The molecule has 0 atom stereocenters. The van der Waals surface area contributed by atoms with Crippen molar-refractivity contribution in [2.45, 2.75) is 31.8 Å². The maximum Gasteiger partial charge on any atom is 0.327 e. The van der Waals surface area contributed by atoms with Gasteiger partial charge in [0.1, 0.15) is 6.54 Å². The predicted molar refractivity (Wildman–Crippen MR) is 110 cm³/mol. The summed E-state index contributed by atoms with van der Waals surface area (Å²) in [6.45, 7) is 4.15. The quantitative estimate of drug-likeness (QED) is 0.345. The Morgan fingerprint density at radius 2 is 1.83 bits per heavy atom. The molecule has 0 saturated carbocycles. The van der Waals surface area contributed by atoms with Crippen LogP contribution in [0.15, 0.2) is 41.3 Å². The second-order valence-electron chi connectivity index (χ2n) is 6.35. The Bertz CT molecular complexity index is 1060. The van der Waals surface area contributed by atoms with Crippen LogP contribution in [0.1, 0.15) is 19.4 Å². The average Bonchev–Trinajstić information content (AvgIpc) is 2.61. The Hall–Kier alpha value is -2.36. The van der Waals surface area contributed by atoms with Gasteiger partial charge < -0.3 is 4.74 Å². The number of non-ortho nitro benzene ring substituents is 1. The smallest absolute Gasteiger partial charge is 0.327 e. The van der Waals surface area contributed by atoms with Crippen molar-refractivity contribution in [1.29, 1.82) is 0 Å². The summed E-state index contributed by atoms with van der Waals surface area (Å²) in [5.74, 6) is -0.776. The molecule has 2 aromatic carbocycles. The van der Waals surface area contributed by atoms with Crippen LogP contribution in [0.2, 0.25) is 10.0 Å². The first-order valence-corrected chi connectivity index (χ1v) is 10.6. The summed E-state index contributed by atoms with van der Waals surface area (Å²) in [6, 6.07) is 7.40. The molecule has 8 nitrogen and oxygen atoms in total. The highest BCUT2D eigenvalue weighted by atomic mass is 35.5. The average molecular weight is 461 g/mol. The van der Waals surface area contributed by atoms with Crippen molar-refractivity contribution in [2.24, 2.45) is 0 Å². The first-order valence-electron chi connectivity index (χ1n) is 8.35. The number of aryl methyl sites for hydroxylation is 1. The topological polar surface area (TPSA) is 107 Å². The molecule has 0 radical (unpaired) electrons. The third-order valence-electron chi connectivity index (χ3n) is 3.78. The third-order valence-corrected chi connectivity index (χ3v) is 6.27. The van der Waals surface area contributed by atoms with Crippen molar-refractivity contribution >= 4 is 50.6 Å². The lowest BCUT2D eigenvalue weighted by Gasteiger charge is -2.25. The fraction of sp³-hybridized carbons (Fsp3) is 0.278. The maximum absolute atomic E-state index is 13.3. The number of hydrogen-bond donors (Lipinski definition) is 0. The number of nitro groups is 1. The molecule has 0 heterocycles. The number of nitro benzene ring substituents is 1. The zero-order valence-electron chi connectivity index (χ0n) is 15.8. The number of carbonyl (C=O) groups excluding carboxylic acids is 1. The Labute approximate surface area is 178 Å². The lowest BCUT2D eigenvalue weighted by molar-refractivity contribution is -0.384. The number of halogens is 2. The molecule has 29 heavy (non-hydrogen) atoms. The largest absolute Gasteiger partial charge is 0.462 e. The van der Waals surface area contributed by atoms with Gasteiger partial charge in [0.05, 0.1) is 31.7 Å². The zero-order chi connectivity index (χ0) is 21.9. The number of carbonyl (C=O) groups is 1. The highest BCUT2D eigenvalue weighted by Crippen LogP contribution is 2.32. The van der Waals surface area contributed by atoms with Gasteiger partial charge in [0, 0.05) is 12.1 Å². The first kappa shape index (κ1) is 22.9. The minimum absolute atomic E-state index is 0.0258. The maximum atomic E-state index is 13.3. The van der Waals surface area contributed by atoms with E-state index in [1.165, 1.54) is 37.3 Å². The molecule has 11 heteroatoms. The summed E-state index contributed by atoms with van der Waals surface area (Å²) in [5.41, 5.74) is 0.186. The fourth-order valence-corrected chi connectivity index (χ4v) is 4.38. The molecular weight excluding hydrogens is 443 g/mol. The van der Waals surface area contributed by atoms with Crippen LogP contribution in [0.25, 0.3) is 0 Å². The van der Waals surface area contributed by atoms with E-state index in [1.807, 2.05) is 0 Å². The lowest BCUT2D eigenvalue weighted by Crippen LogP contribution is -2.37. The van der Waals surface area contributed by atoms with Gasteiger partial charge in [-0.2, -0.15) is 0 Å². The van der Waals surface area contributed by atoms with E-state index >= 15 is 0 Å². The molecule has 0 aliphatic carbocycles. The van der Waals surface area contributed by atoms with Crippen LogP contribution in [0.5, 0.6) is 0 Å². The predicted octanol–water partition coefficient (Wildman–Crippen LogP) is 4.36. The van der Waals surface area contributed by atoms with E-state index < -0.39 is 33.6 Å². The van der Waals surface area contributed by atoms with E-state index in [1.54, 1.807) is 13.8 Å². The van der Waals surface area contributed by atoms with Crippen LogP contribution in [0.3, 0.4) is 0 Å². The third kappa shape index (κ3) is 5.37. The number of nitrogens with zero attached hydrogens (tertiary/aromatic N) is 2. The zero-order valence-corrected chi connectivity index (χ0v) is 18.1. The van der Waals surface area contributed by atoms with Gasteiger partial charge in [0.25, 0.3) is 15.7 Å². The highest BCUT2D eigenvalue weighted by Gasteiger charge is 2.30. The fourth-order valence-electron chi connectivity index (χ4n) is 2.51. The van der Waals surface area contributed by atoms with Crippen LogP contribution in [0.4, 0.5) is 11.4 Å². The molecule has 0 aliphatic rings. The van der Waals surface area contributed by atoms with Gasteiger partial charge in [0.15, 0.2) is 0 Å². The summed E-state index contributed by atoms with van der Waals surface area (Å²) in [4.78, 5) is 22.4. The molecule has 0 saturated heterocycles. The van der Waals surface area contributed by atoms with E-state index in [0.29, 0.717) is 5.56 Å². The summed E-state index contributed by atoms with van der Waals surface area (Å²) in [7, 11) is -4.26. The molecule has 0 fully saturated rings. The lowest BCUT2D eigenvalue weighted by atomic mass is 10.2. The molecular formula is C18H18Cl2N2O6S. The monoisotopic (exact) mass is 460 g/mol. The summed E-state index contributed by atoms with van der Waals surface area (Å²) < 4.78 is 32.4. The van der Waals surface area contributed by atoms with Crippen molar-refractivity contribution in [3.05, 3.63) is 62.1 Å². The summed E-state index contributed by atoms with van der Waals surface area (Å²) >= 11 is 11.8. The van der Waals surface area contributed by atoms with Gasteiger partial charge in [-0.05, 0) is 50.6 Å². The second-order valence-corrected chi connectivity index (χ2v) is 9.03. The van der Waals surface area contributed by atoms with Gasteiger partial charge in [-0.1, -0.05) is 23.2 Å². The highest BCUT2D eigenvalue weighted by molar-refractivity contribution is 7.92. The summed E-state index contributed by atoms with van der Waals surface area (Å²) in [5, 5.41) is 11.2. The molecule has 0 amide bonds. The molecule has 0 aliphatic heterocycles. The van der Waals surface area contributed by atoms with Gasteiger partial charge in [-0.3, -0.25) is 19.2 Å². The minimum atomic E-state index is -4.26. The van der Waals surface area contributed by atoms with Crippen molar-refractivity contribution in [2.75, 3.05) is 10.8 Å². The molecule has 0 unspecified atom stereocenters. The van der Waals surface area contributed by atoms with Gasteiger partial charge in [-0.25, -0.2) is 8.42 Å². The normalized spacial score (nSPS) is 11.4. The van der Waals surface area contributed by atoms with E-state index in [-0.39, 0.29) is 26.3 Å². The number of anilines is 1. The number of benzene rings is 2. The summed E-state index contributed by atoms with van der Waals surface area (Å²) in [6.07, 6.45) is -0.449. The van der Waals surface area contributed by atoms with Crippen LogP contribution < -0.4 is 4.31 Å². The van der Waals surface area contributed by atoms with E-state index in [9.17, 15) is 23.3 Å². The molecule has 0 spiro atoms. The van der Waals surface area contributed by atoms with Crippen LogP contribution in [-0.2, 0) is 19.6 Å². The van der Waals surface area contributed by atoms with Crippen molar-refractivity contribution in [3.63, 3.8) is 0 Å². The van der Waals surface area contributed by atoms with Gasteiger partial charge in [-0.15, -0.1) is 0 Å². The van der Waals surface area contributed by atoms with Gasteiger partial charge in [0.2, 0.25) is 0 Å². The number of esters is 1. The standard InChI is InChI=1S/C18H18Cl2N2O6S/c1-11(2)28-18(23)10-21(17-7-4-13(22(24)25)8-12(17)3)29(26,27)14-5-6-15(19)16(20)9-14/h4-9,11H,10H2,1-3H3. The Morgan fingerprint density at radius 3 is 2.34 bits per heavy atom. The minimum Gasteiger partial charge on any atom is -0.462 e. The number of ether oxygens (including phenoxy) is 1. The van der Waals surface area contributed by atoms with E-state index in [2.05, 4.69) is 0 Å². The van der Waals surface area contributed by atoms with Crippen LogP contribution >= 0.6 is 23.2 Å². The Balaban J connectivity index is 2.59. The number of sulfonamides is 1. The second kappa shape index (κ2) is 8.98. The van der Waals surface area contributed by atoms with E-state index in [4.69, 9.17) is 27.9 Å². The van der Waals surface area contributed by atoms with Gasteiger partial charge >= 0.3 is 5.97 Å². The molecule has 156 valence electrons.